The Balaban J connectivity index is 3.27. The van der Waals surface area contributed by atoms with Crippen molar-refractivity contribution >= 4 is 11.9 Å². The third-order valence-corrected chi connectivity index (χ3v) is 15.8. The molecule has 2 atom stereocenters. The molecule has 1 amide bonds. The summed E-state index contributed by atoms with van der Waals surface area (Å²) in [6, 6.07) is -0.534. The summed E-state index contributed by atoms with van der Waals surface area (Å²) in [6.07, 6.45) is 77.1. The van der Waals surface area contributed by atoms with Crippen molar-refractivity contribution in [2.75, 3.05) is 13.2 Å². The van der Waals surface area contributed by atoms with E-state index in [1.54, 1.807) is 0 Å². The van der Waals surface area contributed by atoms with Crippen molar-refractivity contribution in [3.8, 4) is 0 Å². The second-order valence-corrected chi connectivity index (χ2v) is 23.2. The Morgan fingerprint density at radius 3 is 1.00 bits per heavy atom. The molecule has 0 heterocycles. The summed E-state index contributed by atoms with van der Waals surface area (Å²) in [7, 11) is 0. The van der Waals surface area contributed by atoms with Gasteiger partial charge < -0.3 is 20.3 Å². The molecule has 0 aliphatic heterocycles. The van der Waals surface area contributed by atoms with Crippen LogP contribution in [0.4, 0.5) is 0 Å². The van der Waals surface area contributed by atoms with Gasteiger partial charge in [-0.25, -0.2) is 0 Å². The van der Waals surface area contributed by atoms with Gasteiger partial charge in [0.2, 0.25) is 5.91 Å². The predicted octanol–water partition coefficient (Wildman–Crippen LogP) is 21.2. The Hall–Kier alpha value is -1.40. The maximum Gasteiger partial charge on any atom is 0.305 e. The fraction of sp³-hybridized carbons (Fsp3) is 0.940. The summed E-state index contributed by atoms with van der Waals surface area (Å²) < 4.78 is 5.48. The first-order valence-electron chi connectivity index (χ1n) is 33.4. The van der Waals surface area contributed by atoms with Crippen LogP contribution in [0.3, 0.4) is 0 Å². The van der Waals surface area contributed by atoms with Crippen LogP contribution in [0.5, 0.6) is 0 Å². The van der Waals surface area contributed by atoms with Crippen molar-refractivity contribution in [1.82, 2.24) is 5.32 Å². The lowest BCUT2D eigenvalue weighted by molar-refractivity contribution is -0.143. The number of carbonyl (C=O) groups is 2. The minimum atomic E-state index is -0.657. The number of allylic oxidation sites excluding steroid dienone is 2. The van der Waals surface area contributed by atoms with Crippen molar-refractivity contribution in [3.05, 3.63) is 12.2 Å². The average Bonchev–Trinajstić information content (AvgIpc) is 3.39. The number of aliphatic hydroxyl groups excluding tert-OH is 2. The molecule has 0 rings (SSSR count). The fourth-order valence-corrected chi connectivity index (χ4v) is 10.7. The maximum atomic E-state index is 12.4. The van der Waals surface area contributed by atoms with E-state index in [9.17, 15) is 19.8 Å². The summed E-state index contributed by atoms with van der Waals surface area (Å²) in [5.41, 5.74) is 0. The van der Waals surface area contributed by atoms with Crippen molar-refractivity contribution in [2.45, 2.75) is 392 Å². The summed E-state index contributed by atoms with van der Waals surface area (Å²) in [6.45, 7) is 4.93. The summed E-state index contributed by atoms with van der Waals surface area (Å²) >= 11 is 0. The summed E-state index contributed by atoms with van der Waals surface area (Å²) in [4.78, 5) is 24.4. The van der Waals surface area contributed by atoms with Crippen molar-refractivity contribution in [2.24, 2.45) is 0 Å². The van der Waals surface area contributed by atoms with Crippen LogP contribution in [0.15, 0.2) is 12.2 Å². The number of hydrogen-bond acceptors (Lipinski definition) is 5. The predicted molar refractivity (Wildman–Crippen MR) is 320 cm³/mol. The molecule has 73 heavy (non-hydrogen) atoms. The van der Waals surface area contributed by atoms with Gasteiger partial charge in [-0.05, 0) is 51.4 Å². The van der Waals surface area contributed by atoms with Crippen molar-refractivity contribution in [1.29, 1.82) is 0 Å². The monoisotopic (exact) mass is 1030 g/mol. The summed E-state index contributed by atoms with van der Waals surface area (Å²) in [5, 5.41) is 23.1. The van der Waals surface area contributed by atoms with Gasteiger partial charge in [0.05, 0.1) is 25.4 Å². The zero-order chi connectivity index (χ0) is 52.9. The van der Waals surface area contributed by atoms with Gasteiger partial charge in [0.25, 0.3) is 0 Å². The molecular formula is C67H131NO5. The van der Waals surface area contributed by atoms with E-state index in [0.717, 1.165) is 44.9 Å². The van der Waals surface area contributed by atoms with Crippen LogP contribution in [-0.2, 0) is 14.3 Å². The Bertz CT molecular complexity index is 1100. The molecule has 0 aliphatic carbocycles. The van der Waals surface area contributed by atoms with Gasteiger partial charge in [0, 0.05) is 12.8 Å². The van der Waals surface area contributed by atoms with E-state index in [-0.39, 0.29) is 18.5 Å². The molecule has 6 heteroatoms. The lowest BCUT2D eigenvalue weighted by Gasteiger charge is -2.22. The molecule has 0 saturated carbocycles. The van der Waals surface area contributed by atoms with Gasteiger partial charge in [0.15, 0.2) is 0 Å². The molecule has 6 nitrogen and oxygen atoms in total. The van der Waals surface area contributed by atoms with Crippen LogP contribution in [0.2, 0.25) is 0 Å². The minimum absolute atomic E-state index is 0.0129. The molecule has 0 aromatic carbocycles. The zero-order valence-electron chi connectivity index (χ0n) is 49.6. The number of carbonyl (C=O) groups excluding carboxylic acids is 2. The van der Waals surface area contributed by atoms with Gasteiger partial charge in [-0.1, -0.05) is 328 Å². The third kappa shape index (κ3) is 59.7. The van der Waals surface area contributed by atoms with Gasteiger partial charge in [0.1, 0.15) is 0 Å². The third-order valence-electron chi connectivity index (χ3n) is 15.8. The van der Waals surface area contributed by atoms with Crippen molar-refractivity contribution < 1.29 is 24.5 Å². The molecular weight excluding hydrogens is 899 g/mol. The van der Waals surface area contributed by atoms with Gasteiger partial charge in [-0.2, -0.15) is 0 Å². The second-order valence-electron chi connectivity index (χ2n) is 23.2. The molecule has 0 aromatic rings. The quantitative estimate of drug-likeness (QED) is 0.0320. The Morgan fingerprint density at radius 2 is 0.644 bits per heavy atom. The molecule has 0 spiro atoms. The lowest BCUT2D eigenvalue weighted by Crippen LogP contribution is -2.45. The first-order valence-corrected chi connectivity index (χ1v) is 33.4. The highest BCUT2D eigenvalue weighted by molar-refractivity contribution is 5.76. The Kier molecular flexibility index (Phi) is 61.9. The highest BCUT2D eigenvalue weighted by atomic mass is 16.5. The number of nitrogens with one attached hydrogen (secondary N) is 1. The molecule has 3 N–H and O–H groups in total. The highest BCUT2D eigenvalue weighted by Crippen LogP contribution is 2.19. The van der Waals surface area contributed by atoms with E-state index in [1.807, 2.05) is 0 Å². The molecule has 0 bridgehead atoms. The number of aliphatic hydroxyl groups is 2. The van der Waals surface area contributed by atoms with E-state index >= 15 is 0 Å². The van der Waals surface area contributed by atoms with Crippen LogP contribution >= 0.6 is 0 Å². The van der Waals surface area contributed by atoms with Crippen LogP contribution in [-0.4, -0.2) is 47.4 Å². The average molecular weight is 1030 g/mol. The van der Waals surface area contributed by atoms with E-state index in [1.165, 1.54) is 302 Å². The van der Waals surface area contributed by atoms with E-state index in [2.05, 4.69) is 31.3 Å². The first kappa shape index (κ1) is 71.6. The number of ether oxygens (including phenoxy) is 1. The number of unbranched alkanes of at least 4 members (excludes halogenated alkanes) is 50. The van der Waals surface area contributed by atoms with Gasteiger partial charge >= 0.3 is 5.97 Å². The molecule has 0 aromatic heterocycles. The number of amides is 1. The maximum absolute atomic E-state index is 12.4. The van der Waals surface area contributed by atoms with E-state index in [4.69, 9.17) is 4.74 Å². The van der Waals surface area contributed by atoms with Gasteiger partial charge in [-0.15, -0.1) is 0 Å². The second kappa shape index (κ2) is 63.1. The van der Waals surface area contributed by atoms with Crippen LogP contribution < -0.4 is 5.32 Å². The van der Waals surface area contributed by atoms with E-state index < -0.39 is 12.1 Å². The molecule has 0 fully saturated rings. The van der Waals surface area contributed by atoms with Crippen LogP contribution in [0.1, 0.15) is 380 Å². The molecule has 0 saturated heterocycles. The van der Waals surface area contributed by atoms with Gasteiger partial charge in [-0.3, -0.25) is 9.59 Å². The first-order chi connectivity index (χ1) is 36.0. The van der Waals surface area contributed by atoms with E-state index in [0.29, 0.717) is 25.9 Å². The van der Waals surface area contributed by atoms with Crippen molar-refractivity contribution in [3.63, 3.8) is 0 Å². The number of hydrogen-bond donors (Lipinski definition) is 3. The molecule has 0 radical (unpaired) electrons. The minimum Gasteiger partial charge on any atom is -0.466 e. The fourth-order valence-electron chi connectivity index (χ4n) is 10.7. The number of esters is 1. The largest absolute Gasteiger partial charge is 0.466 e. The zero-order valence-corrected chi connectivity index (χ0v) is 49.6. The molecule has 434 valence electrons. The SMILES string of the molecule is CCCCC/C=C\CCCCCCCC(=O)OCCCCCCCCCCCCCCCCCCCCCCCCCCCCCCCCCCCCCC(=O)NC(CO)C(O)CCCCCCCCCCC. The standard InChI is InChI=1S/C67H131NO5/c1-3-5-7-9-11-13-14-41-45-49-53-57-61-67(72)73-62-58-54-50-46-42-39-37-35-33-31-29-27-25-23-21-19-17-15-16-18-20-22-24-26-28-30-32-34-36-38-40-44-48-52-56-60-66(71)68-64(63-69)65(70)59-55-51-47-43-12-10-8-6-4-2/h11,13,64-65,69-70H,3-10,12,14-63H2,1-2H3,(H,68,71)/b13-11-. The highest BCUT2D eigenvalue weighted by Gasteiger charge is 2.20. The Morgan fingerprint density at radius 1 is 0.370 bits per heavy atom. The lowest BCUT2D eigenvalue weighted by atomic mass is 10.0. The molecule has 2 unspecified atom stereocenters. The summed E-state index contributed by atoms with van der Waals surface area (Å²) in [5.74, 6) is -0.0174. The Labute approximate surface area is 457 Å². The topological polar surface area (TPSA) is 95.9 Å². The molecule has 0 aliphatic rings. The normalized spacial score (nSPS) is 12.5. The number of rotatable bonds is 63. The van der Waals surface area contributed by atoms with Crippen LogP contribution in [0.25, 0.3) is 0 Å². The van der Waals surface area contributed by atoms with Crippen LogP contribution in [0, 0.1) is 0 Å². The smallest absolute Gasteiger partial charge is 0.305 e.